The van der Waals surface area contributed by atoms with E-state index < -0.39 is 0 Å². The number of nitrogens with two attached hydrogens (primary N) is 1. The summed E-state index contributed by atoms with van der Waals surface area (Å²) in [6.45, 7) is 0.950. The number of benzene rings is 2. The van der Waals surface area contributed by atoms with Crippen molar-refractivity contribution in [3.05, 3.63) is 60.3 Å². The van der Waals surface area contributed by atoms with E-state index in [1.165, 1.54) is 7.11 Å². The van der Waals surface area contributed by atoms with Gasteiger partial charge in [0.1, 0.15) is 12.4 Å². The molecule has 0 atom stereocenters. The lowest BCUT2D eigenvalue weighted by Crippen LogP contribution is -2.10. The molecule has 2 N–H and O–H groups in total. The highest BCUT2D eigenvalue weighted by atomic mass is 16.5. The molecule has 0 bridgehead atoms. The zero-order valence-electron chi connectivity index (χ0n) is 13.4. The summed E-state index contributed by atoms with van der Waals surface area (Å²) in [5.74, 6) is 0.404. The molecule has 122 valence electrons. The lowest BCUT2D eigenvalue weighted by molar-refractivity contribution is 0.0603. The van der Waals surface area contributed by atoms with Crippen LogP contribution in [0.25, 0.3) is 22.0 Å². The molecule has 1 aromatic heterocycles. The second kappa shape index (κ2) is 7.10. The van der Waals surface area contributed by atoms with Gasteiger partial charge in [0, 0.05) is 18.1 Å². The van der Waals surface area contributed by atoms with Crippen LogP contribution in [0, 0.1) is 0 Å². The highest BCUT2D eigenvalue weighted by Gasteiger charge is 2.11. The molecule has 0 saturated carbocycles. The Morgan fingerprint density at radius 1 is 1.12 bits per heavy atom. The van der Waals surface area contributed by atoms with Crippen LogP contribution in [0.2, 0.25) is 0 Å². The number of pyridine rings is 1. The number of aromatic nitrogens is 1. The predicted molar refractivity (Wildman–Crippen MR) is 93.1 cm³/mol. The Balaban J connectivity index is 2.01. The van der Waals surface area contributed by atoms with Crippen LogP contribution >= 0.6 is 0 Å². The molecule has 0 spiro atoms. The molecule has 2 aromatic carbocycles. The number of hydrogen-bond donors (Lipinski definition) is 1. The fraction of sp³-hybridized carbons (Fsp3) is 0.158. The minimum Gasteiger partial charge on any atom is -0.492 e. The maximum absolute atomic E-state index is 11.9. The minimum absolute atomic E-state index is 0.368. The maximum atomic E-state index is 11.9. The molecule has 0 radical (unpaired) electrons. The molecule has 0 aliphatic carbocycles. The molecule has 1 heterocycles. The molecule has 0 saturated heterocycles. The van der Waals surface area contributed by atoms with Crippen LogP contribution in [0.15, 0.2) is 54.7 Å². The van der Waals surface area contributed by atoms with E-state index >= 15 is 0 Å². The summed E-state index contributed by atoms with van der Waals surface area (Å²) in [6.07, 6.45) is 1.61. The number of hydrogen-bond acceptors (Lipinski definition) is 5. The van der Waals surface area contributed by atoms with Gasteiger partial charge >= 0.3 is 5.97 Å². The molecule has 24 heavy (non-hydrogen) atoms. The number of carbonyl (C=O) groups is 1. The molecule has 0 amide bonds. The molecular weight excluding hydrogens is 304 g/mol. The molecule has 0 aliphatic heterocycles. The number of ether oxygens (including phenoxy) is 2. The van der Waals surface area contributed by atoms with Crippen molar-refractivity contribution in [1.29, 1.82) is 0 Å². The monoisotopic (exact) mass is 322 g/mol. The van der Waals surface area contributed by atoms with E-state index in [2.05, 4.69) is 4.98 Å². The van der Waals surface area contributed by atoms with E-state index in [-0.39, 0.29) is 5.97 Å². The van der Waals surface area contributed by atoms with E-state index in [1.54, 1.807) is 12.3 Å². The van der Waals surface area contributed by atoms with E-state index in [0.29, 0.717) is 18.7 Å². The summed E-state index contributed by atoms with van der Waals surface area (Å²) < 4.78 is 10.4. The quantitative estimate of drug-likeness (QED) is 0.731. The SMILES string of the molecule is COC(=O)c1ccnc2cc(-c3cccc(OCCN)c3)ccc12. The standard InChI is InChI=1S/C19H18N2O3/c1-23-19(22)17-7-9-21-18-12-14(5-6-16(17)18)13-3-2-4-15(11-13)24-10-8-20/h2-7,9,11-12H,8,10,20H2,1H3. The zero-order chi connectivity index (χ0) is 16.9. The number of carbonyl (C=O) groups excluding carboxylic acids is 1. The molecule has 3 aromatic rings. The third kappa shape index (κ3) is 3.21. The first kappa shape index (κ1) is 16.0. The van der Waals surface area contributed by atoms with Gasteiger partial charge in [-0.15, -0.1) is 0 Å². The largest absolute Gasteiger partial charge is 0.492 e. The molecule has 5 heteroatoms. The van der Waals surface area contributed by atoms with Gasteiger partial charge in [0.25, 0.3) is 0 Å². The Hall–Kier alpha value is -2.92. The smallest absolute Gasteiger partial charge is 0.338 e. The summed E-state index contributed by atoms with van der Waals surface area (Å²) in [5.41, 5.74) is 8.72. The van der Waals surface area contributed by atoms with Gasteiger partial charge in [-0.3, -0.25) is 4.98 Å². The van der Waals surface area contributed by atoms with E-state index in [1.807, 2.05) is 42.5 Å². The summed E-state index contributed by atoms with van der Waals surface area (Å²) in [5, 5.41) is 0.767. The number of nitrogens with zero attached hydrogens (tertiary/aromatic N) is 1. The van der Waals surface area contributed by atoms with E-state index in [4.69, 9.17) is 15.2 Å². The topological polar surface area (TPSA) is 74.4 Å². The molecular formula is C19H18N2O3. The molecule has 0 aliphatic rings. The van der Waals surface area contributed by atoms with Crippen molar-refractivity contribution in [2.24, 2.45) is 5.73 Å². The van der Waals surface area contributed by atoms with Gasteiger partial charge in [-0.2, -0.15) is 0 Å². The highest BCUT2D eigenvalue weighted by Crippen LogP contribution is 2.28. The van der Waals surface area contributed by atoms with Crippen LogP contribution < -0.4 is 10.5 Å². The Labute approximate surface area is 140 Å². The minimum atomic E-state index is -0.368. The number of methoxy groups -OCH3 is 1. The van der Waals surface area contributed by atoms with E-state index in [0.717, 1.165) is 27.8 Å². The number of fused-ring (bicyclic) bond motifs is 1. The Morgan fingerprint density at radius 2 is 1.96 bits per heavy atom. The van der Waals surface area contributed by atoms with Crippen LogP contribution in [-0.4, -0.2) is 31.2 Å². The third-order valence-electron chi connectivity index (χ3n) is 3.70. The Kier molecular flexibility index (Phi) is 4.72. The fourth-order valence-electron chi connectivity index (χ4n) is 2.56. The normalized spacial score (nSPS) is 10.6. The second-order valence-electron chi connectivity index (χ2n) is 5.25. The molecule has 0 fully saturated rings. The lowest BCUT2D eigenvalue weighted by atomic mass is 10.0. The predicted octanol–water partition coefficient (Wildman–Crippen LogP) is 3.03. The van der Waals surface area contributed by atoms with Gasteiger partial charge in [-0.25, -0.2) is 4.79 Å². The first-order valence-corrected chi connectivity index (χ1v) is 7.63. The maximum Gasteiger partial charge on any atom is 0.338 e. The summed E-state index contributed by atoms with van der Waals surface area (Å²) in [6, 6.07) is 15.2. The van der Waals surface area contributed by atoms with Crippen LogP contribution in [-0.2, 0) is 4.74 Å². The van der Waals surface area contributed by atoms with Gasteiger partial charge in [-0.1, -0.05) is 24.3 Å². The number of rotatable bonds is 5. The molecule has 0 unspecified atom stereocenters. The fourth-order valence-corrected chi connectivity index (χ4v) is 2.56. The summed E-state index contributed by atoms with van der Waals surface area (Å²) >= 11 is 0. The third-order valence-corrected chi connectivity index (χ3v) is 3.70. The van der Waals surface area contributed by atoms with Crippen LogP contribution in [0.4, 0.5) is 0 Å². The molecule has 5 nitrogen and oxygen atoms in total. The van der Waals surface area contributed by atoms with Crippen molar-refractivity contribution in [3.8, 4) is 16.9 Å². The summed E-state index contributed by atoms with van der Waals surface area (Å²) in [4.78, 5) is 16.2. The first-order valence-electron chi connectivity index (χ1n) is 7.63. The Bertz CT molecular complexity index is 877. The van der Waals surface area contributed by atoms with Crippen molar-refractivity contribution < 1.29 is 14.3 Å². The average molecular weight is 322 g/mol. The van der Waals surface area contributed by atoms with Crippen LogP contribution in [0.5, 0.6) is 5.75 Å². The highest BCUT2D eigenvalue weighted by molar-refractivity contribution is 6.04. The zero-order valence-corrected chi connectivity index (χ0v) is 13.4. The van der Waals surface area contributed by atoms with Gasteiger partial charge in [-0.05, 0) is 35.4 Å². The van der Waals surface area contributed by atoms with Crippen LogP contribution in [0.1, 0.15) is 10.4 Å². The average Bonchev–Trinajstić information content (AvgIpc) is 2.65. The summed E-state index contributed by atoms with van der Waals surface area (Å²) in [7, 11) is 1.37. The van der Waals surface area contributed by atoms with Crippen molar-refractivity contribution in [2.45, 2.75) is 0 Å². The van der Waals surface area contributed by atoms with Gasteiger partial charge in [0.2, 0.25) is 0 Å². The van der Waals surface area contributed by atoms with Crippen molar-refractivity contribution in [1.82, 2.24) is 4.98 Å². The number of esters is 1. The van der Waals surface area contributed by atoms with Crippen LogP contribution in [0.3, 0.4) is 0 Å². The molecule has 3 rings (SSSR count). The van der Waals surface area contributed by atoms with E-state index in [9.17, 15) is 4.79 Å². The lowest BCUT2D eigenvalue weighted by Gasteiger charge is -2.09. The van der Waals surface area contributed by atoms with Crippen molar-refractivity contribution >= 4 is 16.9 Å². The van der Waals surface area contributed by atoms with Crippen molar-refractivity contribution in [2.75, 3.05) is 20.3 Å². The Morgan fingerprint density at radius 3 is 2.75 bits per heavy atom. The van der Waals surface area contributed by atoms with Gasteiger partial charge in [0.05, 0.1) is 18.2 Å². The van der Waals surface area contributed by atoms with Gasteiger partial charge in [0.15, 0.2) is 0 Å². The second-order valence-corrected chi connectivity index (χ2v) is 5.25. The first-order chi connectivity index (χ1) is 11.7. The van der Waals surface area contributed by atoms with Gasteiger partial charge < -0.3 is 15.2 Å². The van der Waals surface area contributed by atoms with Crippen molar-refractivity contribution in [3.63, 3.8) is 0 Å².